The van der Waals surface area contributed by atoms with Gasteiger partial charge in [0.1, 0.15) is 0 Å². The number of hydrogen-bond acceptors (Lipinski definition) is 6. The van der Waals surface area contributed by atoms with Crippen molar-refractivity contribution >= 4 is 29.7 Å². The van der Waals surface area contributed by atoms with Crippen LogP contribution < -0.4 is 30.0 Å². The van der Waals surface area contributed by atoms with Gasteiger partial charge < -0.3 is 30.0 Å². The van der Waals surface area contributed by atoms with Crippen molar-refractivity contribution in [2.45, 2.75) is 26.7 Å². The third-order valence-electron chi connectivity index (χ3n) is 3.92. The van der Waals surface area contributed by atoms with Crippen LogP contribution in [0.1, 0.15) is 37.0 Å². The fourth-order valence-corrected chi connectivity index (χ4v) is 2.57. The molecule has 0 spiro atoms. The number of fused-ring (bicyclic) bond motifs is 1. The normalized spacial score (nSPS) is 11.5. The van der Waals surface area contributed by atoms with Gasteiger partial charge in [-0.1, -0.05) is 13.8 Å². The molecule has 0 saturated heterocycles. The Labute approximate surface area is 170 Å². The first-order valence-corrected chi connectivity index (χ1v) is 9.02. The Hall–Kier alpha value is -2.80. The van der Waals surface area contributed by atoms with E-state index in [0.717, 1.165) is 12.8 Å². The molecule has 0 atom stereocenters. The topological polar surface area (TPSA) is 92.0 Å². The number of benzene rings is 2. The standard InChI is InChI=1S/C20H24N2O5.ClH/c1-3-7-24-16-6-5-13(9-17(16)25-8-4-2)20(23)22-15-11-19-18(10-14(15)21)26-12-27-19;/h5-6,9-11H,3-4,7-8,12,21H2,1-2H3,(H,22,23);1H. The van der Waals surface area contributed by atoms with Gasteiger partial charge in [0.05, 0.1) is 24.6 Å². The van der Waals surface area contributed by atoms with Crippen LogP contribution in [0.5, 0.6) is 23.0 Å². The fraction of sp³-hybridized carbons (Fsp3) is 0.350. The summed E-state index contributed by atoms with van der Waals surface area (Å²) in [6, 6.07) is 8.41. The largest absolute Gasteiger partial charge is 0.490 e. The van der Waals surface area contributed by atoms with Crippen LogP contribution in [0.2, 0.25) is 0 Å². The Balaban J connectivity index is 0.00000280. The second-order valence-electron chi connectivity index (χ2n) is 6.11. The van der Waals surface area contributed by atoms with E-state index in [1.54, 1.807) is 30.3 Å². The van der Waals surface area contributed by atoms with E-state index >= 15 is 0 Å². The molecule has 1 heterocycles. The Kier molecular flexibility index (Phi) is 7.63. The van der Waals surface area contributed by atoms with Gasteiger partial charge in [-0.15, -0.1) is 12.4 Å². The molecule has 28 heavy (non-hydrogen) atoms. The maximum absolute atomic E-state index is 12.7. The lowest BCUT2D eigenvalue weighted by atomic mass is 10.1. The molecular formula is C20H25ClN2O5. The highest BCUT2D eigenvalue weighted by molar-refractivity contribution is 6.06. The number of anilines is 2. The van der Waals surface area contributed by atoms with Crippen molar-refractivity contribution in [2.75, 3.05) is 31.1 Å². The Bertz CT molecular complexity index is 828. The third kappa shape index (κ3) is 4.92. The Morgan fingerprint density at radius 1 is 1.04 bits per heavy atom. The van der Waals surface area contributed by atoms with Crippen LogP contribution in [0.4, 0.5) is 11.4 Å². The average molecular weight is 409 g/mol. The van der Waals surface area contributed by atoms with Gasteiger partial charge in [-0.25, -0.2) is 0 Å². The molecule has 0 fully saturated rings. The number of nitrogens with one attached hydrogen (secondary N) is 1. The molecular weight excluding hydrogens is 384 g/mol. The number of nitrogen functional groups attached to an aromatic ring is 1. The molecule has 7 nitrogen and oxygen atoms in total. The zero-order valence-corrected chi connectivity index (χ0v) is 16.8. The van der Waals surface area contributed by atoms with Crippen LogP contribution in [-0.2, 0) is 0 Å². The molecule has 3 rings (SSSR count). The summed E-state index contributed by atoms with van der Waals surface area (Å²) in [5, 5.41) is 2.81. The van der Waals surface area contributed by atoms with E-state index in [-0.39, 0.29) is 25.1 Å². The number of hydrogen-bond donors (Lipinski definition) is 2. The molecule has 0 saturated carbocycles. The number of carbonyl (C=O) groups is 1. The van der Waals surface area contributed by atoms with Crippen molar-refractivity contribution in [3.8, 4) is 23.0 Å². The number of ether oxygens (including phenoxy) is 4. The molecule has 2 aromatic carbocycles. The van der Waals surface area contributed by atoms with Gasteiger partial charge in [0, 0.05) is 17.7 Å². The van der Waals surface area contributed by atoms with Crippen LogP contribution in [0.15, 0.2) is 30.3 Å². The minimum Gasteiger partial charge on any atom is -0.490 e. The van der Waals surface area contributed by atoms with Crippen LogP contribution in [-0.4, -0.2) is 25.9 Å². The van der Waals surface area contributed by atoms with E-state index in [1.807, 2.05) is 13.8 Å². The van der Waals surface area contributed by atoms with Gasteiger partial charge >= 0.3 is 0 Å². The minimum atomic E-state index is -0.302. The van der Waals surface area contributed by atoms with Crippen LogP contribution in [0.25, 0.3) is 0 Å². The number of carbonyl (C=O) groups excluding carboxylic acids is 1. The molecule has 0 bridgehead atoms. The van der Waals surface area contributed by atoms with Gasteiger partial charge in [0.2, 0.25) is 6.79 Å². The van der Waals surface area contributed by atoms with Crippen molar-refractivity contribution < 1.29 is 23.7 Å². The van der Waals surface area contributed by atoms with Crippen molar-refractivity contribution in [1.29, 1.82) is 0 Å². The first-order valence-electron chi connectivity index (χ1n) is 9.02. The predicted octanol–water partition coefficient (Wildman–Crippen LogP) is 4.25. The molecule has 2 aromatic rings. The zero-order chi connectivity index (χ0) is 19.2. The number of amides is 1. The summed E-state index contributed by atoms with van der Waals surface area (Å²) in [5.41, 5.74) is 7.31. The van der Waals surface area contributed by atoms with Gasteiger partial charge in [0.15, 0.2) is 23.0 Å². The maximum Gasteiger partial charge on any atom is 0.255 e. The second-order valence-corrected chi connectivity index (χ2v) is 6.11. The maximum atomic E-state index is 12.7. The molecule has 0 aliphatic carbocycles. The van der Waals surface area contributed by atoms with Gasteiger partial charge in [-0.3, -0.25) is 4.79 Å². The van der Waals surface area contributed by atoms with Crippen molar-refractivity contribution in [3.05, 3.63) is 35.9 Å². The lowest BCUT2D eigenvalue weighted by molar-refractivity contribution is 0.102. The lowest BCUT2D eigenvalue weighted by Crippen LogP contribution is -2.14. The van der Waals surface area contributed by atoms with E-state index < -0.39 is 0 Å². The average Bonchev–Trinajstić information content (AvgIpc) is 3.12. The lowest BCUT2D eigenvalue weighted by Gasteiger charge is -2.14. The monoisotopic (exact) mass is 408 g/mol. The summed E-state index contributed by atoms with van der Waals surface area (Å²) in [5.74, 6) is 2.00. The molecule has 0 radical (unpaired) electrons. The summed E-state index contributed by atoms with van der Waals surface area (Å²) < 4.78 is 22.1. The van der Waals surface area contributed by atoms with Crippen molar-refractivity contribution in [1.82, 2.24) is 0 Å². The van der Waals surface area contributed by atoms with E-state index in [1.165, 1.54) is 0 Å². The smallest absolute Gasteiger partial charge is 0.255 e. The van der Waals surface area contributed by atoms with Crippen LogP contribution in [0.3, 0.4) is 0 Å². The number of halogens is 1. The van der Waals surface area contributed by atoms with Crippen molar-refractivity contribution in [2.24, 2.45) is 0 Å². The highest BCUT2D eigenvalue weighted by Crippen LogP contribution is 2.38. The molecule has 3 N–H and O–H groups in total. The van der Waals surface area contributed by atoms with E-state index in [4.69, 9.17) is 24.7 Å². The summed E-state index contributed by atoms with van der Waals surface area (Å²) in [6.07, 6.45) is 1.75. The van der Waals surface area contributed by atoms with Gasteiger partial charge in [0.25, 0.3) is 5.91 Å². The molecule has 8 heteroatoms. The van der Waals surface area contributed by atoms with E-state index in [0.29, 0.717) is 53.2 Å². The highest BCUT2D eigenvalue weighted by Gasteiger charge is 2.18. The van der Waals surface area contributed by atoms with Gasteiger partial charge in [-0.2, -0.15) is 0 Å². The van der Waals surface area contributed by atoms with Crippen LogP contribution >= 0.6 is 12.4 Å². The molecule has 1 aliphatic heterocycles. The van der Waals surface area contributed by atoms with Crippen LogP contribution in [0, 0.1) is 0 Å². The summed E-state index contributed by atoms with van der Waals surface area (Å²) in [7, 11) is 0. The number of rotatable bonds is 8. The Morgan fingerprint density at radius 2 is 1.68 bits per heavy atom. The SMILES string of the molecule is CCCOc1ccc(C(=O)Nc2cc3c(cc2N)OCO3)cc1OCCC.Cl. The van der Waals surface area contributed by atoms with Crippen molar-refractivity contribution in [3.63, 3.8) is 0 Å². The Morgan fingerprint density at radius 3 is 2.36 bits per heavy atom. The molecule has 0 aromatic heterocycles. The number of nitrogens with two attached hydrogens (primary N) is 1. The third-order valence-corrected chi connectivity index (χ3v) is 3.92. The first kappa shape index (κ1) is 21.5. The highest BCUT2D eigenvalue weighted by atomic mass is 35.5. The zero-order valence-electron chi connectivity index (χ0n) is 15.9. The van der Waals surface area contributed by atoms with E-state index in [9.17, 15) is 4.79 Å². The molecule has 1 amide bonds. The fourth-order valence-electron chi connectivity index (χ4n) is 2.57. The molecule has 0 unspecified atom stereocenters. The summed E-state index contributed by atoms with van der Waals surface area (Å²) >= 11 is 0. The first-order chi connectivity index (χ1) is 13.1. The van der Waals surface area contributed by atoms with E-state index in [2.05, 4.69) is 5.32 Å². The quantitative estimate of drug-likeness (QED) is 0.634. The second kappa shape index (κ2) is 9.94. The van der Waals surface area contributed by atoms with Gasteiger partial charge in [-0.05, 0) is 31.0 Å². The molecule has 152 valence electrons. The summed E-state index contributed by atoms with van der Waals surface area (Å²) in [6.45, 7) is 5.32. The molecule has 1 aliphatic rings. The minimum absolute atomic E-state index is 0. The predicted molar refractivity (Wildman–Crippen MR) is 110 cm³/mol. The summed E-state index contributed by atoms with van der Waals surface area (Å²) in [4.78, 5) is 12.7.